The summed E-state index contributed by atoms with van der Waals surface area (Å²) in [6.45, 7) is 2.00. The molecule has 0 radical (unpaired) electrons. The zero-order valence-corrected chi connectivity index (χ0v) is 12.2. The molecule has 104 valence electrons. The van der Waals surface area contributed by atoms with Crippen molar-refractivity contribution in [2.24, 2.45) is 0 Å². The van der Waals surface area contributed by atoms with E-state index in [1.165, 1.54) is 7.11 Å². The highest BCUT2D eigenvalue weighted by Gasteiger charge is 2.11. The van der Waals surface area contributed by atoms with E-state index in [4.69, 9.17) is 22.1 Å². The van der Waals surface area contributed by atoms with E-state index in [0.717, 1.165) is 22.3 Å². The van der Waals surface area contributed by atoms with Crippen LogP contribution in [0.1, 0.15) is 11.1 Å². The number of methoxy groups -OCH3 is 1. The Labute approximate surface area is 123 Å². The average molecular weight is 290 g/mol. The first-order chi connectivity index (χ1) is 9.51. The fourth-order valence-electron chi connectivity index (χ4n) is 2.05. The number of carbonyl (C=O) groups excluding carboxylic acids is 1. The Morgan fingerprint density at radius 2 is 2.00 bits per heavy atom. The number of halogens is 1. The monoisotopic (exact) mass is 289 g/mol. The van der Waals surface area contributed by atoms with Crippen molar-refractivity contribution in [2.45, 2.75) is 13.3 Å². The lowest BCUT2D eigenvalue weighted by Crippen LogP contribution is -2.06. The molecule has 0 saturated heterocycles. The highest BCUT2D eigenvalue weighted by atomic mass is 35.5. The summed E-state index contributed by atoms with van der Waals surface area (Å²) in [4.78, 5) is 11.5. The van der Waals surface area contributed by atoms with Crippen LogP contribution < -0.4 is 5.73 Å². The summed E-state index contributed by atoms with van der Waals surface area (Å²) in [5.41, 5.74) is 10.3. The van der Waals surface area contributed by atoms with E-state index in [0.29, 0.717) is 10.7 Å². The number of aryl methyl sites for hydroxylation is 1. The van der Waals surface area contributed by atoms with Crippen LogP contribution in [0.15, 0.2) is 36.4 Å². The van der Waals surface area contributed by atoms with Gasteiger partial charge in [0.25, 0.3) is 0 Å². The minimum atomic E-state index is -0.267. The Balaban J connectivity index is 2.50. The van der Waals surface area contributed by atoms with Crippen molar-refractivity contribution in [2.75, 3.05) is 12.8 Å². The fraction of sp³-hybridized carbons (Fsp3) is 0.188. The molecule has 0 bridgehead atoms. The number of esters is 1. The summed E-state index contributed by atoms with van der Waals surface area (Å²) < 4.78 is 4.73. The van der Waals surface area contributed by atoms with E-state index in [-0.39, 0.29) is 12.4 Å². The summed E-state index contributed by atoms with van der Waals surface area (Å²) in [5, 5.41) is 0.524. The van der Waals surface area contributed by atoms with Crippen molar-refractivity contribution in [3.8, 4) is 11.1 Å². The van der Waals surface area contributed by atoms with Crippen LogP contribution in [0.2, 0.25) is 5.02 Å². The van der Waals surface area contributed by atoms with Gasteiger partial charge in [0.1, 0.15) is 0 Å². The lowest BCUT2D eigenvalue weighted by Gasteiger charge is -2.11. The number of nitrogens with two attached hydrogens (primary N) is 1. The van der Waals surface area contributed by atoms with Crippen LogP contribution in [-0.4, -0.2) is 13.1 Å². The number of hydrogen-bond acceptors (Lipinski definition) is 3. The number of benzene rings is 2. The van der Waals surface area contributed by atoms with Crippen LogP contribution in [-0.2, 0) is 16.0 Å². The van der Waals surface area contributed by atoms with Gasteiger partial charge in [-0.3, -0.25) is 4.79 Å². The van der Waals surface area contributed by atoms with Gasteiger partial charge in [-0.1, -0.05) is 41.4 Å². The second kappa shape index (κ2) is 5.97. The van der Waals surface area contributed by atoms with Crippen molar-refractivity contribution in [1.82, 2.24) is 0 Å². The SMILES string of the molecule is COC(=O)Cc1ccc(C)cc1-c1ccc(Cl)c(N)c1. The average Bonchev–Trinajstić information content (AvgIpc) is 2.43. The molecule has 0 saturated carbocycles. The van der Waals surface area contributed by atoms with Crippen LogP contribution in [0.5, 0.6) is 0 Å². The van der Waals surface area contributed by atoms with Gasteiger partial charge in [-0.05, 0) is 35.7 Å². The largest absolute Gasteiger partial charge is 0.469 e. The predicted molar refractivity (Wildman–Crippen MR) is 81.8 cm³/mol. The van der Waals surface area contributed by atoms with Crippen LogP contribution in [0, 0.1) is 6.92 Å². The maximum Gasteiger partial charge on any atom is 0.309 e. The van der Waals surface area contributed by atoms with Gasteiger partial charge in [-0.15, -0.1) is 0 Å². The van der Waals surface area contributed by atoms with Gasteiger partial charge >= 0.3 is 5.97 Å². The maximum absolute atomic E-state index is 11.5. The molecule has 0 fully saturated rings. The lowest BCUT2D eigenvalue weighted by molar-refractivity contribution is -0.139. The van der Waals surface area contributed by atoms with Crippen LogP contribution in [0.3, 0.4) is 0 Å². The summed E-state index contributed by atoms with van der Waals surface area (Å²) in [7, 11) is 1.39. The number of rotatable bonds is 3. The molecule has 0 spiro atoms. The van der Waals surface area contributed by atoms with Crippen molar-refractivity contribution in [3.05, 3.63) is 52.5 Å². The van der Waals surface area contributed by atoms with Crippen LogP contribution >= 0.6 is 11.6 Å². The zero-order chi connectivity index (χ0) is 14.7. The first-order valence-corrected chi connectivity index (χ1v) is 6.61. The first kappa shape index (κ1) is 14.4. The molecular weight excluding hydrogens is 274 g/mol. The van der Waals surface area contributed by atoms with Crippen molar-refractivity contribution in [3.63, 3.8) is 0 Å². The third kappa shape index (κ3) is 3.11. The summed E-state index contributed by atoms with van der Waals surface area (Å²) in [5.74, 6) is -0.267. The highest BCUT2D eigenvalue weighted by Crippen LogP contribution is 2.30. The van der Waals surface area contributed by atoms with Crippen molar-refractivity contribution in [1.29, 1.82) is 0 Å². The molecule has 0 amide bonds. The molecule has 2 N–H and O–H groups in total. The summed E-state index contributed by atoms with van der Waals surface area (Å²) in [6, 6.07) is 11.4. The third-order valence-electron chi connectivity index (χ3n) is 3.13. The minimum Gasteiger partial charge on any atom is -0.469 e. The fourth-order valence-corrected chi connectivity index (χ4v) is 2.17. The number of ether oxygens (including phenoxy) is 1. The van der Waals surface area contributed by atoms with Crippen molar-refractivity contribution >= 4 is 23.3 Å². The van der Waals surface area contributed by atoms with E-state index in [1.54, 1.807) is 6.07 Å². The lowest BCUT2D eigenvalue weighted by atomic mass is 9.95. The second-order valence-electron chi connectivity index (χ2n) is 4.65. The topological polar surface area (TPSA) is 52.3 Å². The number of hydrogen-bond donors (Lipinski definition) is 1. The molecule has 0 unspecified atom stereocenters. The molecule has 2 aromatic carbocycles. The van der Waals surface area contributed by atoms with Crippen LogP contribution in [0.4, 0.5) is 5.69 Å². The van der Waals surface area contributed by atoms with Crippen molar-refractivity contribution < 1.29 is 9.53 Å². The molecular formula is C16H16ClNO2. The van der Waals surface area contributed by atoms with E-state index in [1.807, 2.05) is 37.3 Å². The smallest absolute Gasteiger partial charge is 0.309 e. The maximum atomic E-state index is 11.5. The van der Waals surface area contributed by atoms with Gasteiger partial charge in [0.2, 0.25) is 0 Å². The van der Waals surface area contributed by atoms with Gasteiger partial charge in [-0.2, -0.15) is 0 Å². The van der Waals surface area contributed by atoms with Gasteiger partial charge in [-0.25, -0.2) is 0 Å². The highest BCUT2D eigenvalue weighted by molar-refractivity contribution is 6.33. The van der Waals surface area contributed by atoms with Crippen LogP contribution in [0.25, 0.3) is 11.1 Å². The molecule has 0 aliphatic carbocycles. The molecule has 0 aliphatic heterocycles. The molecule has 3 nitrogen and oxygen atoms in total. The Morgan fingerprint density at radius 1 is 1.25 bits per heavy atom. The molecule has 2 rings (SSSR count). The number of nitrogen functional groups attached to an aromatic ring is 1. The second-order valence-corrected chi connectivity index (χ2v) is 5.06. The van der Waals surface area contributed by atoms with Gasteiger partial charge in [0, 0.05) is 0 Å². The number of anilines is 1. The van der Waals surface area contributed by atoms with Gasteiger partial charge < -0.3 is 10.5 Å². The quantitative estimate of drug-likeness (QED) is 0.693. The molecule has 0 aliphatic rings. The summed E-state index contributed by atoms with van der Waals surface area (Å²) >= 11 is 5.95. The zero-order valence-electron chi connectivity index (χ0n) is 11.4. The van der Waals surface area contributed by atoms with Gasteiger partial charge in [0.05, 0.1) is 24.2 Å². The Morgan fingerprint density at radius 3 is 2.65 bits per heavy atom. The van der Waals surface area contributed by atoms with Gasteiger partial charge in [0.15, 0.2) is 0 Å². The normalized spacial score (nSPS) is 10.3. The molecule has 20 heavy (non-hydrogen) atoms. The summed E-state index contributed by atoms with van der Waals surface area (Å²) in [6.07, 6.45) is 0.231. The number of carbonyl (C=O) groups is 1. The van der Waals surface area contributed by atoms with E-state index in [9.17, 15) is 4.79 Å². The molecule has 0 atom stereocenters. The molecule has 0 heterocycles. The standard InChI is InChI=1S/C16H16ClNO2/c1-10-3-4-12(9-16(19)20-2)13(7-10)11-5-6-14(17)15(18)8-11/h3-8H,9,18H2,1-2H3. The Hall–Kier alpha value is -2.00. The molecule has 4 heteroatoms. The molecule has 0 aromatic heterocycles. The molecule has 2 aromatic rings. The first-order valence-electron chi connectivity index (χ1n) is 6.23. The van der Waals surface area contributed by atoms with E-state index < -0.39 is 0 Å². The Bertz CT molecular complexity index is 653. The predicted octanol–water partition coefficient (Wildman–Crippen LogP) is 3.61. The van der Waals surface area contributed by atoms with E-state index >= 15 is 0 Å². The third-order valence-corrected chi connectivity index (χ3v) is 3.48. The Kier molecular flexibility index (Phi) is 4.30. The minimum absolute atomic E-state index is 0.231. The van der Waals surface area contributed by atoms with E-state index in [2.05, 4.69) is 0 Å².